The largest absolute Gasteiger partial charge is 0.391 e. The number of β-amino-alcohol motifs (C(OH)–C–C–N with tert-alkyl or cyclic N) is 1. The van der Waals surface area contributed by atoms with Crippen LogP contribution in [0.15, 0.2) is 12.4 Å². The van der Waals surface area contributed by atoms with Crippen molar-refractivity contribution in [2.24, 2.45) is 0 Å². The molecule has 2 N–H and O–H groups in total. The second kappa shape index (κ2) is 9.25. The topological polar surface area (TPSA) is 90.8 Å². The SMILES string of the molecule is COCCN1CCC(Nc2cc(C(=O)N3CCCC(O)C3)ncn2)CC1. The van der Waals surface area contributed by atoms with Crippen LogP contribution < -0.4 is 5.32 Å². The zero-order valence-electron chi connectivity index (χ0n) is 15.4. The number of hydrogen-bond acceptors (Lipinski definition) is 7. The molecule has 1 unspecified atom stereocenters. The molecule has 2 aliphatic heterocycles. The predicted octanol–water partition coefficient (Wildman–Crippen LogP) is 0.596. The molecule has 0 radical (unpaired) electrons. The zero-order chi connectivity index (χ0) is 18.4. The minimum absolute atomic E-state index is 0.136. The Morgan fingerprint density at radius 3 is 2.85 bits per heavy atom. The van der Waals surface area contributed by atoms with Crippen LogP contribution in [0.1, 0.15) is 36.2 Å². The fourth-order valence-corrected chi connectivity index (χ4v) is 3.58. The number of ether oxygens (including phenoxy) is 1. The van der Waals surface area contributed by atoms with Crippen molar-refractivity contribution in [3.63, 3.8) is 0 Å². The molecule has 2 fully saturated rings. The van der Waals surface area contributed by atoms with E-state index in [1.807, 2.05) is 0 Å². The molecule has 26 heavy (non-hydrogen) atoms. The van der Waals surface area contributed by atoms with E-state index in [2.05, 4.69) is 20.2 Å². The van der Waals surface area contributed by atoms with Crippen molar-refractivity contribution in [1.29, 1.82) is 0 Å². The van der Waals surface area contributed by atoms with Crippen LogP contribution in [0.25, 0.3) is 0 Å². The van der Waals surface area contributed by atoms with E-state index < -0.39 is 6.10 Å². The third kappa shape index (κ3) is 5.12. The molecule has 8 nitrogen and oxygen atoms in total. The Kier molecular flexibility index (Phi) is 6.76. The normalized spacial score (nSPS) is 22.4. The van der Waals surface area contributed by atoms with Crippen molar-refractivity contribution in [1.82, 2.24) is 19.8 Å². The first kappa shape index (κ1) is 19.0. The van der Waals surface area contributed by atoms with E-state index in [0.717, 1.165) is 51.9 Å². The molecule has 2 aliphatic rings. The molecule has 0 aromatic carbocycles. The highest BCUT2D eigenvalue weighted by molar-refractivity contribution is 5.93. The Morgan fingerprint density at radius 1 is 1.31 bits per heavy atom. The standard InChI is InChI=1S/C18H29N5O3/c1-26-10-9-22-7-4-14(5-8-22)21-17-11-16(19-13-20-17)18(25)23-6-2-3-15(24)12-23/h11,13-15,24H,2-10,12H2,1H3,(H,19,20,21). The number of carbonyl (C=O) groups excluding carboxylic acids is 1. The lowest BCUT2D eigenvalue weighted by Crippen LogP contribution is -2.42. The van der Waals surface area contributed by atoms with E-state index in [1.54, 1.807) is 18.1 Å². The number of likely N-dealkylation sites (tertiary alicyclic amines) is 2. The van der Waals surface area contributed by atoms with Gasteiger partial charge in [0.15, 0.2) is 0 Å². The van der Waals surface area contributed by atoms with Crippen LogP contribution in [0.2, 0.25) is 0 Å². The van der Waals surface area contributed by atoms with Crippen molar-refractivity contribution >= 4 is 11.7 Å². The van der Waals surface area contributed by atoms with E-state index in [0.29, 0.717) is 30.6 Å². The lowest BCUT2D eigenvalue weighted by molar-refractivity contribution is 0.0469. The summed E-state index contributed by atoms with van der Waals surface area (Å²) in [7, 11) is 1.73. The fourth-order valence-electron chi connectivity index (χ4n) is 3.58. The molecule has 1 amide bonds. The lowest BCUT2D eigenvalue weighted by atomic mass is 10.1. The molecule has 3 rings (SSSR count). The van der Waals surface area contributed by atoms with Crippen molar-refractivity contribution in [3.05, 3.63) is 18.1 Å². The van der Waals surface area contributed by atoms with Gasteiger partial charge in [0, 0.05) is 51.9 Å². The van der Waals surface area contributed by atoms with Gasteiger partial charge in [-0.1, -0.05) is 0 Å². The number of amides is 1. The van der Waals surface area contributed by atoms with Crippen LogP contribution in [-0.2, 0) is 4.74 Å². The third-order valence-corrected chi connectivity index (χ3v) is 5.12. The van der Waals surface area contributed by atoms with Gasteiger partial charge in [-0.05, 0) is 25.7 Å². The summed E-state index contributed by atoms with van der Waals surface area (Å²) in [5.41, 5.74) is 0.383. The summed E-state index contributed by atoms with van der Waals surface area (Å²) >= 11 is 0. The van der Waals surface area contributed by atoms with Crippen molar-refractivity contribution < 1.29 is 14.6 Å². The molecule has 0 aliphatic carbocycles. The van der Waals surface area contributed by atoms with Gasteiger partial charge in [-0.15, -0.1) is 0 Å². The maximum Gasteiger partial charge on any atom is 0.272 e. The number of rotatable bonds is 6. The molecule has 0 bridgehead atoms. The van der Waals surface area contributed by atoms with Gasteiger partial charge in [0.2, 0.25) is 0 Å². The second-order valence-corrected chi connectivity index (χ2v) is 7.09. The summed E-state index contributed by atoms with van der Waals surface area (Å²) in [6.07, 6.45) is 4.65. The monoisotopic (exact) mass is 363 g/mol. The van der Waals surface area contributed by atoms with Crippen molar-refractivity contribution in [2.45, 2.75) is 37.8 Å². The number of aromatic nitrogens is 2. The molecule has 0 spiro atoms. The maximum absolute atomic E-state index is 12.6. The first-order valence-electron chi connectivity index (χ1n) is 9.43. The summed E-state index contributed by atoms with van der Waals surface area (Å²) < 4.78 is 5.13. The minimum atomic E-state index is -0.435. The number of aliphatic hydroxyl groups excluding tert-OH is 1. The summed E-state index contributed by atoms with van der Waals surface area (Å²) in [4.78, 5) is 25.1. The summed E-state index contributed by atoms with van der Waals surface area (Å²) in [5, 5.41) is 13.2. The average Bonchev–Trinajstić information content (AvgIpc) is 2.67. The minimum Gasteiger partial charge on any atom is -0.391 e. The van der Waals surface area contributed by atoms with Gasteiger partial charge < -0.3 is 25.0 Å². The predicted molar refractivity (Wildman–Crippen MR) is 98.1 cm³/mol. The van der Waals surface area contributed by atoms with Crippen molar-refractivity contribution in [3.8, 4) is 0 Å². The van der Waals surface area contributed by atoms with Crippen LogP contribution in [0.4, 0.5) is 5.82 Å². The Labute approximate surface area is 154 Å². The van der Waals surface area contributed by atoms with Gasteiger partial charge in [0.1, 0.15) is 17.8 Å². The number of nitrogens with zero attached hydrogens (tertiary/aromatic N) is 4. The van der Waals surface area contributed by atoms with Crippen molar-refractivity contribution in [2.75, 3.05) is 51.8 Å². The van der Waals surface area contributed by atoms with Crippen LogP contribution >= 0.6 is 0 Å². The highest BCUT2D eigenvalue weighted by Crippen LogP contribution is 2.17. The summed E-state index contributed by atoms with van der Waals surface area (Å²) in [5.74, 6) is 0.555. The number of carbonyl (C=O) groups is 1. The first-order chi connectivity index (χ1) is 12.7. The molecule has 1 aromatic rings. The number of hydrogen-bond donors (Lipinski definition) is 2. The van der Waals surface area contributed by atoms with E-state index >= 15 is 0 Å². The molecule has 3 heterocycles. The van der Waals surface area contributed by atoms with Gasteiger partial charge in [-0.2, -0.15) is 0 Å². The van der Waals surface area contributed by atoms with Gasteiger partial charge in [-0.25, -0.2) is 9.97 Å². The summed E-state index contributed by atoms with van der Waals surface area (Å²) in [6.45, 7) is 4.85. The molecular weight excluding hydrogens is 334 g/mol. The number of methoxy groups -OCH3 is 1. The van der Waals surface area contributed by atoms with Gasteiger partial charge in [-0.3, -0.25) is 4.79 Å². The number of anilines is 1. The van der Waals surface area contributed by atoms with E-state index in [-0.39, 0.29) is 5.91 Å². The molecule has 0 saturated carbocycles. The van der Waals surface area contributed by atoms with E-state index in [1.165, 1.54) is 6.33 Å². The van der Waals surface area contributed by atoms with Crippen LogP contribution in [0.5, 0.6) is 0 Å². The first-order valence-corrected chi connectivity index (χ1v) is 9.43. The Balaban J connectivity index is 1.54. The fraction of sp³-hybridized carbons (Fsp3) is 0.722. The number of nitrogens with one attached hydrogen (secondary N) is 1. The number of aliphatic hydroxyl groups is 1. The van der Waals surface area contributed by atoms with E-state index in [4.69, 9.17) is 4.74 Å². The molecule has 2 saturated heterocycles. The highest BCUT2D eigenvalue weighted by Gasteiger charge is 2.25. The molecular formula is C18H29N5O3. The molecule has 1 atom stereocenters. The smallest absolute Gasteiger partial charge is 0.272 e. The third-order valence-electron chi connectivity index (χ3n) is 5.12. The molecule has 8 heteroatoms. The lowest BCUT2D eigenvalue weighted by Gasteiger charge is -2.32. The van der Waals surface area contributed by atoms with Gasteiger partial charge in [0.25, 0.3) is 5.91 Å². The maximum atomic E-state index is 12.6. The van der Waals surface area contributed by atoms with Gasteiger partial charge in [0.05, 0.1) is 12.7 Å². The second-order valence-electron chi connectivity index (χ2n) is 7.09. The molecule has 1 aromatic heterocycles. The number of piperidine rings is 2. The quantitative estimate of drug-likeness (QED) is 0.765. The van der Waals surface area contributed by atoms with Crippen LogP contribution in [0.3, 0.4) is 0 Å². The zero-order valence-corrected chi connectivity index (χ0v) is 15.4. The van der Waals surface area contributed by atoms with E-state index in [9.17, 15) is 9.90 Å². The molecule has 144 valence electrons. The van der Waals surface area contributed by atoms with Crippen LogP contribution in [-0.4, -0.2) is 89.4 Å². The highest BCUT2D eigenvalue weighted by atomic mass is 16.5. The summed E-state index contributed by atoms with van der Waals surface area (Å²) in [6, 6.07) is 2.07. The average molecular weight is 363 g/mol. The Morgan fingerprint density at radius 2 is 2.12 bits per heavy atom. The Hall–Kier alpha value is -1.77. The van der Waals surface area contributed by atoms with Gasteiger partial charge >= 0.3 is 0 Å². The van der Waals surface area contributed by atoms with Crippen LogP contribution in [0, 0.1) is 0 Å². The Bertz CT molecular complexity index is 592.